The molecule has 0 aromatic heterocycles. The number of anilines is 1. The molecule has 0 radical (unpaired) electrons. The van der Waals surface area contributed by atoms with Crippen molar-refractivity contribution in [2.75, 3.05) is 24.9 Å². The van der Waals surface area contributed by atoms with Gasteiger partial charge in [-0.2, -0.15) is 0 Å². The molecule has 82 valence electrons. The lowest BCUT2D eigenvalue weighted by Gasteiger charge is -2.17. The fourth-order valence-corrected chi connectivity index (χ4v) is 1.42. The summed E-state index contributed by atoms with van der Waals surface area (Å²) >= 11 is 5.37. The Morgan fingerprint density at radius 3 is 2.47 bits per heavy atom. The lowest BCUT2D eigenvalue weighted by Crippen LogP contribution is -2.17. The molecule has 15 heavy (non-hydrogen) atoms. The molecule has 0 fully saturated rings. The van der Waals surface area contributed by atoms with E-state index in [1.165, 1.54) is 25.1 Å². The van der Waals surface area contributed by atoms with Crippen molar-refractivity contribution in [3.63, 3.8) is 0 Å². The summed E-state index contributed by atoms with van der Waals surface area (Å²) in [6.45, 7) is 0. The van der Waals surface area contributed by atoms with Crippen LogP contribution in [0.3, 0.4) is 0 Å². The van der Waals surface area contributed by atoms with Crippen LogP contribution >= 0.6 is 11.6 Å². The quantitative estimate of drug-likeness (QED) is 0.591. The summed E-state index contributed by atoms with van der Waals surface area (Å²) < 4.78 is 26.3. The van der Waals surface area contributed by atoms with Crippen molar-refractivity contribution in [2.45, 2.75) is 0 Å². The molecule has 0 aliphatic carbocycles. The summed E-state index contributed by atoms with van der Waals surface area (Å²) in [6.07, 6.45) is 0. The van der Waals surface area contributed by atoms with Crippen LogP contribution in [-0.2, 0) is 0 Å². The van der Waals surface area contributed by atoms with Crippen LogP contribution in [0.5, 0.6) is 0 Å². The fourth-order valence-electron chi connectivity index (χ4n) is 1.27. The van der Waals surface area contributed by atoms with Crippen LogP contribution in [0, 0.1) is 11.6 Å². The molecule has 0 N–H and O–H groups in total. The number of benzene rings is 1. The summed E-state index contributed by atoms with van der Waals surface area (Å²) in [5.74, 6) is -2.70. The maximum absolute atomic E-state index is 13.4. The van der Waals surface area contributed by atoms with Gasteiger partial charge in [-0.05, 0) is 12.1 Å². The zero-order valence-corrected chi connectivity index (χ0v) is 9.11. The van der Waals surface area contributed by atoms with E-state index in [1.54, 1.807) is 0 Å². The standard InChI is InChI=1S/C10H10ClF2NO/c1-14(2)10-6(8(15)5-11)3-4-7(12)9(10)13/h3-4H,5H2,1-2H3. The van der Waals surface area contributed by atoms with Crippen LogP contribution in [0.4, 0.5) is 14.5 Å². The second-order valence-corrected chi connectivity index (χ2v) is 3.48. The summed E-state index contributed by atoms with van der Waals surface area (Å²) in [5.41, 5.74) is 0.0227. The van der Waals surface area contributed by atoms with Crippen LogP contribution in [0.1, 0.15) is 10.4 Å². The van der Waals surface area contributed by atoms with Crippen LogP contribution < -0.4 is 4.90 Å². The Morgan fingerprint density at radius 1 is 1.40 bits per heavy atom. The molecule has 5 heteroatoms. The van der Waals surface area contributed by atoms with Crippen LogP contribution in [-0.4, -0.2) is 25.8 Å². The number of halogens is 3. The first-order chi connectivity index (χ1) is 6.99. The molecule has 0 heterocycles. The van der Waals surface area contributed by atoms with Gasteiger partial charge in [0.05, 0.1) is 11.6 Å². The van der Waals surface area contributed by atoms with Crippen molar-refractivity contribution in [3.05, 3.63) is 29.3 Å². The number of nitrogens with zero attached hydrogens (tertiary/aromatic N) is 1. The highest BCUT2D eigenvalue weighted by atomic mass is 35.5. The average molecular weight is 234 g/mol. The van der Waals surface area contributed by atoms with E-state index >= 15 is 0 Å². The SMILES string of the molecule is CN(C)c1c(C(=O)CCl)ccc(F)c1F. The van der Waals surface area contributed by atoms with Gasteiger partial charge in [0.2, 0.25) is 0 Å². The Balaban J connectivity index is 3.40. The van der Waals surface area contributed by atoms with Gasteiger partial charge in [-0.3, -0.25) is 4.79 Å². The predicted octanol–water partition coefficient (Wildman–Crippen LogP) is 2.45. The van der Waals surface area contributed by atoms with Gasteiger partial charge in [0.1, 0.15) is 0 Å². The minimum Gasteiger partial charge on any atom is -0.375 e. The Kier molecular flexibility index (Phi) is 3.63. The third kappa shape index (κ3) is 2.26. The zero-order valence-electron chi connectivity index (χ0n) is 8.35. The highest BCUT2D eigenvalue weighted by Gasteiger charge is 2.19. The van der Waals surface area contributed by atoms with E-state index in [-0.39, 0.29) is 17.1 Å². The van der Waals surface area contributed by atoms with E-state index in [1.807, 2.05) is 0 Å². The second-order valence-electron chi connectivity index (χ2n) is 3.21. The molecule has 0 amide bonds. The number of ketones is 1. The van der Waals surface area contributed by atoms with E-state index in [2.05, 4.69) is 0 Å². The largest absolute Gasteiger partial charge is 0.375 e. The Hall–Kier alpha value is -1.16. The first-order valence-electron chi connectivity index (χ1n) is 4.23. The first-order valence-corrected chi connectivity index (χ1v) is 4.77. The summed E-state index contributed by atoms with van der Waals surface area (Å²) in [4.78, 5) is 12.7. The molecule has 1 aromatic rings. The third-order valence-corrected chi connectivity index (χ3v) is 2.18. The van der Waals surface area contributed by atoms with Crippen LogP contribution in [0.15, 0.2) is 12.1 Å². The van der Waals surface area contributed by atoms with Gasteiger partial charge in [0.25, 0.3) is 0 Å². The van der Waals surface area contributed by atoms with E-state index in [0.717, 1.165) is 6.07 Å². The number of carbonyl (C=O) groups is 1. The number of hydrogen-bond donors (Lipinski definition) is 0. The molecule has 2 nitrogen and oxygen atoms in total. The average Bonchev–Trinajstić information content (AvgIpc) is 2.20. The van der Waals surface area contributed by atoms with Crippen molar-refractivity contribution < 1.29 is 13.6 Å². The molecule has 0 unspecified atom stereocenters. The third-order valence-electron chi connectivity index (χ3n) is 1.94. The van der Waals surface area contributed by atoms with Crippen molar-refractivity contribution in [1.29, 1.82) is 0 Å². The van der Waals surface area contributed by atoms with Crippen molar-refractivity contribution >= 4 is 23.1 Å². The van der Waals surface area contributed by atoms with Crippen molar-refractivity contribution in [2.24, 2.45) is 0 Å². The topological polar surface area (TPSA) is 20.3 Å². The molecule has 0 bridgehead atoms. The highest BCUT2D eigenvalue weighted by Crippen LogP contribution is 2.25. The number of alkyl halides is 1. The fraction of sp³-hybridized carbons (Fsp3) is 0.300. The van der Waals surface area contributed by atoms with Gasteiger partial charge in [-0.25, -0.2) is 8.78 Å². The molecule has 0 spiro atoms. The molecule has 0 aliphatic rings. The minimum atomic E-state index is -1.03. The van der Waals surface area contributed by atoms with Crippen molar-refractivity contribution in [3.8, 4) is 0 Å². The summed E-state index contributed by atoms with van der Waals surface area (Å²) in [5, 5.41) is 0. The number of rotatable bonds is 3. The number of Topliss-reactive ketones (excluding diaryl/α,β-unsaturated/α-hetero) is 1. The predicted molar refractivity (Wildman–Crippen MR) is 55.7 cm³/mol. The zero-order chi connectivity index (χ0) is 11.6. The molecular weight excluding hydrogens is 224 g/mol. The van der Waals surface area contributed by atoms with Gasteiger partial charge in [0, 0.05) is 19.7 Å². The molecule has 0 saturated heterocycles. The van der Waals surface area contributed by atoms with Crippen molar-refractivity contribution in [1.82, 2.24) is 0 Å². The molecule has 1 rings (SSSR count). The minimum absolute atomic E-state index is 0.0688. The van der Waals surface area contributed by atoms with Gasteiger partial charge in [-0.1, -0.05) is 0 Å². The van der Waals surface area contributed by atoms with Gasteiger partial charge >= 0.3 is 0 Å². The Morgan fingerprint density at radius 2 is 2.00 bits per heavy atom. The van der Waals surface area contributed by atoms with Gasteiger partial charge in [0.15, 0.2) is 17.4 Å². The number of carbonyl (C=O) groups excluding carboxylic acids is 1. The normalized spacial score (nSPS) is 10.2. The van der Waals surface area contributed by atoms with E-state index in [9.17, 15) is 13.6 Å². The monoisotopic (exact) mass is 233 g/mol. The lowest BCUT2D eigenvalue weighted by atomic mass is 10.1. The molecular formula is C10H10ClF2NO. The van der Waals surface area contributed by atoms with Gasteiger partial charge in [-0.15, -0.1) is 11.6 Å². The van der Waals surface area contributed by atoms with E-state index in [0.29, 0.717) is 0 Å². The van der Waals surface area contributed by atoms with E-state index < -0.39 is 17.4 Å². The Labute approximate surface area is 91.4 Å². The first kappa shape index (κ1) is 11.9. The molecule has 0 atom stereocenters. The molecule has 1 aromatic carbocycles. The molecule has 0 saturated carbocycles. The summed E-state index contributed by atoms with van der Waals surface area (Å²) in [7, 11) is 3.06. The lowest BCUT2D eigenvalue weighted by molar-refractivity contribution is 0.102. The maximum atomic E-state index is 13.4. The Bertz CT molecular complexity index is 393. The van der Waals surface area contributed by atoms with E-state index in [4.69, 9.17) is 11.6 Å². The summed E-state index contributed by atoms with van der Waals surface area (Å²) in [6, 6.07) is 2.15. The second kappa shape index (κ2) is 4.57. The van der Waals surface area contributed by atoms with Gasteiger partial charge < -0.3 is 4.90 Å². The van der Waals surface area contributed by atoms with Crippen LogP contribution in [0.25, 0.3) is 0 Å². The highest BCUT2D eigenvalue weighted by molar-refractivity contribution is 6.31. The smallest absolute Gasteiger partial charge is 0.182 e. The molecule has 0 aliphatic heterocycles. The number of hydrogen-bond acceptors (Lipinski definition) is 2. The maximum Gasteiger partial charge on any atom is 0.182 e. The van der Waals surface area contributed by atoms with Crippen LogP contribution in [0.2, 0.25) is 0 Å².